The van der Waals surface area contributed by atoms with Crippen LogP contribution in [0, 0.1) is 0 Å². The van der Waals surface area contributed by atoms with Crippen LogP contribution in [-0.4, -0.2) is 23.1 Å². The van der Waals surface area contributed by atoms with Gasteiger partial charge >= 0.3 is 0 Å². The summed E-state index contributed by atoms with van der Waals surface area (Å²) in [4.78, 5) is 7.86. The van der Waals surface area contributed by atoms with Gasteiger partial charge in [-0.2, -0.15) is 0 Å². The summed E-state index contributed by atoms with van der Waals surface area (Å²) in [5.74, 6) is 0.984. The van der Waals surface area contributed by atoms with Crippen LogP contribution >= 0.6 is 0 Å². The summed E-state index contributed by atoms with van der Waals surface area (Å²) >= 11 is 0. The van der Waals surface area contributed by atoms with E-state index in [2.05, 4.69) is 22.2 Å². The zero-order valence-corrected chi connectivity index (χ0v) is 9.53. The Morgan fingerprint density at radius 1 is 1.44 bits per heavy atom. The number of nitrogens with zero attached hydrogens (tertiary/aromatic N) is 1. The second kappa shape index (κ2) is 5.09. The maximum Gasteiger partial charge on any atom is 0.124 e. The van der Waals surface area contributed by atoms with Gasteiger partial charge in [0.05, 0.1) is 17.1 Å². The minimum absolute atomic E-state index is 0.235. The van der Waals surface area contributed by atoms with Gasteiger partial charge in [-0.05, 0) is 38.6 Å². The Morgan fingerprint density at radius 3 is 3.00 bits per heavy atom. The Morgan fingerprint density at radius 2 is 2.25 bits per heavy atom. The number of imidazole rings is 1. The summed E-state index contributed by atoms with van der Waals surface area (Å²) < 4.78 is 0. The number of fused-ring (bicyclic) bond motifs is 1. The normalized spacial score (nSPS) is 13.1. The number of aromatic nitrogens is 2. The summed E-state index contributed by atoms with van der Waals surface area (Å²) in [5.41, 5.74) is 7.56. The molecule has 4 heteroatoms. The van der Waals surface area contributed by atoms with Gasteiger partial charge in [-0.3, -0.25) is 0 Å². The number of H-pyrrole nitrogens is 1. The minimum Gasteiger partial charge on any atom is -0.341 e. The first kappa shape index (κ1) is 11.1. The molecule has 0 amide bonds. The first-order valence-electron chi connectivity index (χ1n) is 5.69. The standard InChI is InChI=1S/C12H18N4/c1-9(14-8-4-7-13)12-15-10-5-2-3-6-11(10)16-12/h2-3,5-6,9,14H,4,7-8,13H2,1H3,(H,15,16). The number of rotatable bonds is 5. The number of para-hydroxylation sites is 2. The van der Waals surface area contributed by atoms with Crippen molar-refractivity contribution < 1.29 is 0 Å². The lowest BCUT2D eigenvalue weighted by atomic mass is 10.3. The van der Waals surface area contributed by atoms with Gasteiger partial charge < -0.3 is 16.0 Å². The Labute approximate surface area is 95.3 Å². The molecule has 2 aromatic rings. The van der Waals surface area contributed by atoms with Crippen LogP contribution in [0.25, 0.3) is 11.0 Å². The molecule has 86 valence electrons. The summed E-state index contributed by atoms with van der Waals surface area (Å²) in [5, 5.41) is 3.39. The summed E-state index contributed by atoms with van der Waals surface area (Å²) in [6.45, 7) is 3.75. The zero-order chi connectivity index (χ0) is 11.4. The maximum atomic E-state index is 5.45. The van der Waals surface area contributed by atoms with Crippen molar-refractivity contribution in [3.8, 4) is 0 Å². The predicted molar refractivity (Wildman–Crippen MR) is 66.2 cm³/mol. The molecule has 16 heavy (non-hydrogen) atoms. The third kappa shape index (κ3) is 2.40. The van der Waals surface area contributed by atoms with Gasteiger partial charge in [0.15, 0.2) is 0 Å². The Balaban J connectivity index is 2.07. The zero-order valence-electron chi connectivity index (χ0n) is 9.53. The first-order valence-corrected chi connectivity index (χ1v) is 5.69. The molecule has 1 aromatic heterocycles. The Kier molecular flexibility index (Phi) is 3.54. The molecule has 4 nitrogen and oxygen atoms in total. The highest BCUT2D eigenvalue weighted by molar-refractivity contribution is 5.74. The molecule has 0 aliphatic heterocycles. The molecule has 0 bridgehead atoms. The van der Waals surface area contributed by atoms with E-state index in [4.69, 9.17) is 5.73 Å². The van der Waals surface area contributed by atoms with Crippen molar-refractivity contribution in [1.29, 1.82) is 0 Å². The average Bonchev–Trinajstić information content (AvgIpc) is 2.73. The molecule has 4 N–H and O–H groups in total. The summed E-state index contributed by atoms with van der Waals surface area (Å²) in [6, 6.07) is 8.30. The van der Waals surface area contributed by atoms with Crippen molar-refractivity contribution in [3.63, 3.8) is 0 Å². The van der Waals surface area contributed by atoms with Crippen LogP contribution in [0.3, 0.4) is 0 Å². The number of hydrogen-bond acceptors (Lipinski definition) is 3. The average molecular weight is 218 g/mol. The molecule has 0 fully saturated rings. The third-order valence-electron chi connectivity index (χ3n) is 2.65. The quantitative estimate of drug-likeness (QED) is 0.667. The van der Waals surface area contributed by atoms with E-state index in [9.17, 15) is 0 Å². The largest absolute Gasteiger partial charge is 0.341 e. The van der Waals surface area contributed by atoms with E-state index in [0.29, 0.717) is 0 Å². The molecular formula is C12H18N4. The first-order chi connectivity index (χ1) is 7.81. The van der Waals surface area contributed by atoms with E-state index in [1.165, 1.54) is 0 Å². The fourth-order valence-corrected chi connectivity index (χ4v) is 1.69. The van der Waals surface area contributed by atoms with Gasteiger partial charge in [0, 0.05) is 0 Å². The third-order valence-corrected chi connectivity index (χ3v) is 2.65. The van der Waals surface area contributed by atoms with Gasteiger partial charge in [-0.1, -0.05) is 12.1 Å². The van der Waals surface area contributed by atoms with Crippen LogP contribution in [0.2, 0.25) is 0 Å². The smallest absolute Gasteiger partial charge is 0.124 e. The molecule has 0 radical (unpaired) electrons. The van der Waals surface area contributed by atoms with E-state index in [0.717, 1.165) is 36.4 Å². The molecule has 1 aromatic carbocycles. The Hall–Kier alpha value is -1.39. The van der Waals surface area contributed by atoms with Gasteiger partial charge in [0.2, 0.25) is 0 Å². The van der Waals surface area contributed by atoms with E-state index < -0.39 is 0 Å². The van der Waals surface area contributed by atoms with E-state index >= 15 is 0 Å². The lowest BCUT2D eigenvalue weighted by Gasteiger charge is -2.10. The highest BCUT2D eigenvalue weighted by Crippen LogP contribution is 2.15. The second-order valence-electron chi connectivity index (χ2n) is 3.96. The van der Waals surface area contributed by atoms with Crippen LogP contribution in [0.1, 0.15) is 25.2 Å². The van der Waals surface area contributed by atoms with Crippen LogP contribution < -0.4 is 11.1 Å². The van der Waals surface area contributed by atoms with E-state index in [-0.39, 0.29) is 6.04 Å². The van der Waals surface area contributed by atoms with Crippen molar-refractivity contribution in [3.05, 3.63) is 30.1 Å². The number of nitrogens with one attached hydrogen (secondary N) is 2. The summed E-state index contributed by atoms with van der Waals surface area (Å²) in [6.07, 6.45) is 0.991. The van der Waals surface area contributed by atoms with Crippen LogP contribution in [0.4, 0.5) is 0 Å². The molecule has 1 atom stereocenters. The molecule has 1 heterocycles. The van der Waals surface area contributed by atoms with Gasteiger partial charge in [-0.15, -0.1) is 0 Å². The minimum atomic E-state index is 0.235. The molecule has 0 saturated heterocycles. The maximum absolute atomic E-state index is 5.45. The van der Waals surface area contributed by atoms with E-state index in [1.807, 2.05) is 24.3 Å². The highest BCUT2D eigenvalue weighted by atomic mass is 15.0. The van der Waals surface area contributed by atoms with Crippen molar-refractivity contribution in [1.82, 2.24) is 15.3 Å². The molecular weight excluding hydrogens is 200 g/mol. The molecule has 0 spiro atoms. The lowest BCUT2D eigenvalue weighted by molar-refractivity contribution is 0.542. The number of nitrogens with two attached hydrogens (primary N) is 1. The van der Waals surface area contributed by atoms with Crippen LogP contribution in [0.5, 0.6) is 0 Å². The monoisotopic (exact) mass is 218 g/mol. The van der Waals surface area contributed by atoms with Gasteiger partial charge in [0.1, 0.15) is 5.82 Å². The van der Waals surface area contributed by atoms with Crippen molar-refractivity contribution >= 4 is 11.0 Å². The molecule has 0 saturated carbocycles. The lowest BCUT2D eigenvalue weighted by Crippen LogP contribution is -2.22. The topological polar surface area (TPSA) is 66.7 Å². The van der Waals surface area contributed by atoms with Gasteiger partial charge in [-0.25, -0.2) is 4.98 Å². The number of hydrogen-bond donors (Lipinski definition) is 3. The summed E-state index contributed by atoms with van der Waals surface area (Å²) in [7, 11) is 0. The van der Waals surface area contributed by atoms with Crippen LogP contribution in [0.15, 0.2) is 24.3 Å². The fraction of sp³-hybridized carbons (Fsp3) is 0.417. The van der Waals surface area contributed by atoms with E-state index in [1.54, 1.807) is 0 Å². The van der Waals surface area contributed by atoms with Gasteiger partial charge in [0.25, 0.3) is 0 Å². The van der Waals surface area contributed by atoms with Crippen molar-refractivity contribution in [2.45, 2.75) is 19.4 Å². The van der Waals surface area contributed by atoms with Crippen molar-refractivity contribution in [2.75, 3.05) is 13.1 Å². The molecule has 0 aliphatic rings. The molecule has 2 rings (SSSR count). The highest BCUT2D eigenvalue weighted by Gasteiger charge is 2.08. The number of benzene rings is 1. The van der Waals surface area contributed by atoms with Crippen molar-refractivity contribution in [2.24, 2.45) is 5.73 Å². The Bertz CT molecular complexity index is 416. The fourth-order valence-electron chi connectivity index (χ4n) is 1.69. The molecule has 0 aliphatic carbocycles. The predicted octanol–water partition coefficient (Wildman–Crippen LogP) is 1.56. The molecule has 1 unspecified atom stereocenters. The second-order valence-corrected chi connectivity index (χ2v) is 3.96. The number of aromatic amines is 1. The van der Waals surface area contributed by atoms with Crippen LogP contribution in [-0.2, 0) is 0 Å². The SMILES string of the molecule is CC(NCCCN)c1nc2ccccc2[nH]1.